The predicted octanol–water partition coefficient (Wildman–Crippen LogP) is 17.4. The third-order valence-electron chi connectivity index (χ3n) is 16.5. The molecule has 15 rings (SSSR count). The first-order valence-electron chi connectivity index (χ1n) is 29.3. The van der Waals surface area contributed by atoms with Crippen molar-refractivity contribution in [1.82, 2.24) is 39.4 Å². The van der Waals surface area contributed by atoms with Gasteiger partial charge in [0.25, 0.3) is 0 Å². The number of benzene rings is 6. The zero-order chi connectivity index (χ0) is 60.0. The molecule has 0 bridgehead atoms. The second-order valence-electron chi connectivity index (χ2n) is 21.9. The first kappa shape index (κ1) is 53.7. The summed E-state index contributed by atoms with van der Waals surface area (Å²) >= 11 is 0. The third kappa shape index (κ3) is 9.99. The van der Waals surface area contributed by atoms with Crippen LogP contribution in [-0.2, 0) is 17.7 Å². The van der Waals surface area contributed by atoms with Crippen molar-refractivity contribution in [2.24, 2.45) is 9.98 Å². The summed E-state index contributed by atoms with van der Waals surface area (Å²) in [7, 11) is 0. The molecular weight excluding hydrogens is 1100 g/mol. The minimum atomic E-state index is 0.461. The van der Waals surface area contributed by atoms with Gasteiger partial charge in [-0.25, -0.2) is 4.98 Å². The number of allylic oxidation sites excluding steroid dienone is 3. The van der Waals surface area contributed by atoms with Crippen molar-refractivity contribution < 1.29 is 9.15 Å². The molecule has 9 heterocycles. The largest absolute Gasteiger partial charge is 0.442 e. The van der Waals surface area contributed by atoms with Crippen LogP contribution in [0, 0.1) is 13.8 Å². The van der Waals surface area contributed by atoms with Crippen molar-refractivity contribution in [3.63, 3.8) is 0 Å². The fourth-order valence-electron chi connectivity index (χ4n) is 12.0. The minimum absolute atomic E-state index is 0.461. The maximum absolute atomic E-state index is 6.36. The highest BCUT2D eigenvalue weighted by atomic mass is 16.5. The smallest absolute Gasteiger partial charge is 0.229 e. The number of ether oxygens (including phenoxy) is 1. The predicted molar refractivity (Wildman–Crippen MR) is 358 cm³/mol. The Bertz CT molecular complexity index is 5330. The summed E-state index contributed by atoms with van der Waals surface area (Å²) in [4.78, 5) is 34.1. The minimum Gasteiger partial charge on any atom is -0.442 e. The Morgan fingerprint density at radius 3 is 2.25 bits per heavy atom. The van der Waals surface area contributed by atoms with E-state index in [1.807, 2.05) is 135 Å². The molecule has 0 fully saturated rings. The zero-order valence-electron chi connectivity index (χ0n) is 48.9. The fraction of sp³-hybridized carbons (Fsp3) is 0.0649. The van der Waals surface area contributed by atoms with E-state index in [2.05, 4.69) is 146 Å². The molecule has 0 spiro atoms. The standard InChI is InChI=1S/C77H54N10O2/c1-48-27-34-70-63(45-81-48)61-41-51(17-8-5-13-24-66(78-4)73-59(22-15-38-79-73)52-18-9-6-10-19-52)28-35-68(61)86(70)71-37-40-88-76(84-71)57-31-29-55-43-58(32-30-54(55)42-57)77-85-72(47-89-77)87-69-36-33-56(44-62(69)64-46-82-50(3)49(2)75(64)87)65-25-14-26-67(83-65)74-60(23-16-39-80-74)53-20-11-7-12-21-53/h6-16,18-26,28-36,38-44,46-47,81H,4,17,45H2,1-3H3/b66-24-. The van der Waals surface area contributed by atoms with Crippen LogP contribution in [0.1, 0.15) is 46.3 Å². The summed E-state index contributed by atoms with van der Waals surface area (Å²) in [6.07, 6.45) is 17.4. The van der Waals surface area contributed by atoms with E-state index in [4.69, 9.17) is 34.1 Å². The van der Waals surface area contributed by atoms with Crippen LogP contribution in [0.5, 0.6) is 0 Å². The van der Waals surface area contributed by atoms with E-state index >= 15 is 0 Å². The molecule has 0 radical (unpaired) electrons. The van der Waals surface area contributed by atoms with E-state index in [0.29, 0.717) is 42.1 Å². The van der Waals surface area contributed by atoms with Gasteiger partial charge in [0.05, 0.1) is 56.4 Å². The van der Waals surface area contributed by atoms with Gasteiger partial charge in [-0.3, -0.25) is 29.1 Å². The van der Waals surface area contributed by atoms with Crippen molar-refractivity contribution in [2.45, 2.75) is 33.7 Å². The van der Waals surface area contributed by atoms with E-state index in [1.165, 1.54) is 0 Å². The lowest BCUT2D eigenvalue weighted by molar-refractivity contribution is 0.471. The van der Waals surface area contributed by atoms with Crippen molar-refractivity contribution >= 4 is 73.7 Å². The highest BCUT2D eigenvalue weighted by Crippen LogP contribution is 2.40. The van der Waals surface area contributed by atoms with Crippen LogP contribution >= 0.6 is 0 Å². The number of pyridine rings is 4. The Morgan fingerprint density at radius 2 is 1.42 bits per heavy atom. The van der Waals surface area contributed by atoms with Gasteiger partial charge in [-0.1, -0.05) is 109 Å². The molecular formula is C77H54N10O2. The van der Waals surface area contributed by atoms with Gasteiger partial charge in [0.1, 0.15) is 12.5 Å². The van der Waals surface area contributed by atoms with Crippen molar-refractivity contribution in [2.75, 3.05) is 0 Å². The average Bonchev–Trinajstić information content (AvgIpc) is 1.63. The Morgan fingerprint density at radius 1 is 0.674 bits per heavy atom. The SMILES string of the molecule is C=N/C(=C\C=C=CCc1ccc2c(c1)c1c(n2C2=C=COC(c3ccc4cc(-c5nc(-n6c7ccc(-c8cccc(-c9ncccc9-c9ccccc9)n8)cc7c7cnc(C)c(C)c76)co5)ccc4c3)=N2)C=C=C(C)NC1)c1ncccc1-c1ccccc1. The quantitative estimate of drug-likeness (QED) is 0.0685. The second kappa shape index (κ2) is 22.8. The molecule has 0 atom stereocenters. The monoisotopic (exact) mass is 1150 g/mol. The number of hydrogen-bond acceptors (Lipinski definition) is 10. The first-order valence-corrected chi connectivity index (χ1v) is 29.3. The molecule has 0 saturated carbocycles. The normalized spacial score (nSPS) is 12.9. The number of rotatable bonds is 13. The van der Waals surface area contributed by atoms with Crippen LogP contribution in [0.2, 0.25) is 0 Å². The van der Waals surface area contributed by atoms with Crippen LogP contribution in [0.4, 0.5) is 0 Å². The maximum Gasteiger partial charge on any atom is 0.229 e. The number of aromatic nitrogens is 7. The van der Waals surface area contributed by atoms with Gasteiger partial charge >= 0.3 is 0 Å². The molecule has 424 valence electrons. The number of aliphatic imine (C=N–C) groups is 2. The Hall–Kier alpha value is -12.0. The highest BCUT2D eigenvalue weighted by molar-refractivity contribution is 6.11. The molecule has 2 aliphatic rings. The summed E-state index contributed by atoms with van der Waals surface area (Å²) in [5.74, 6) is 2.24. The number of fused-ring (bicyclic) bond motifs is 7. The Kier molecular flexibility index (Phi) is 13.7. The molecule has 0 unspecified atom stereocenters. The summed E-state index contributed by atoms with van der Waals surface area (Å²) in [6, 6.07) is 60.1. The van der Waals surface area contributed by atoms with Gasteiger partial charge in [-0.05, 0) is 164 Å². The molecule has 89 heavy (non-hydrogen) atoms. The molecule has 7 aromatic heterocycles. The number of oxazole rings is 1. The lowest BCUT2D eigenvalue weighted by Crippen LogP contribution is -2.10. The molecule has 13 aromatic rings. The average molecular weight is 1150 g/mol. The second-order valence-corrected chi connectivity index (χ2v) is 21.9. The van der Waals surface area contributed by atoms with Crippen molar-refractivity contribution in [1.29, 1.82) is 0 Å². The Balaban J connectivity index is 0.700. The summed E-state index contributed by atoms with van der Waals surface area (Å²) in [5, 5.41) is 8.70. The van der Waals surface area contributed by atoms with Crippen LogP contribution in [-0.4, -0.2) is 46.7 Å². The van der Waals surface area contributed by atoms with Crippen LogP contribution in [0.15, 0.2) is 263 Å². The number of nitrogens with one attached hydrogen (secondary N) is 1. The third-order valence-corrected chi connectivity index (χ3v) is 16.5. The highest BCUT2D eigenvalue weighted by Gasteiger charge is 2.24. The van der Waals surface area contributed by atoms with Gasteiger partial charge < -0.3 is 14.5 Å². The molecule has 0 saturated heterocycles. The molecule has 1 N–H and O–H groups in total. The molecule has 12 nitrogen and oxygen atoms in total. The maximum atomic E-state index is 6.36. The number of hydrogen-bond donors (Lipinski definition) is 1. The van der Waals surface area contributed by atoms with E-state index in [0.717, 1.165) is 139 Å². The fourth-order valence-corrected chi connectivity index (χ4v) is 12.0. The number of nitrogens with zero attached hydrogens (tertiary/aromatic N) is 9. The van der Waals surface area contributed by atoms with E-state index < -0.39 is 0 Å². The zero-order valence-corrected chi connectivity index (χ0v) is 48.9. The topological polar surface area (TPSA) is 133 Å². The van der Waals surface area contributed by atoms with Crippen LogP contribution < -0.4 is 5.32 Å². The molecule has 12 heteroatoms. The van der Waals surface area contributed by atoms with Gasteiger partial charge in [0, 0.05) is 86.4 Å². The van der Waals surface area contributed by atoms with E-state index in [9.17, 15) is 0 Å². The van der Waals surface area contributed by atoms with Gasteiger partial charge in [0.2, 0.25) is 11.8 Å². The van der Waals surface area contributed by atoms with Gasteiger partial charge in [-0.2, -0.15) is 9.98 Å². The van der Waals surface area contributed by atoms with Crippen LogP contribution in [0.25, 0.3) is 123 Å². The summed E-state index contributed by atoms with van der Waals surface area (Å²) < 4.78 is 16.8. The van der Waals surface area contributed by atoms with E-state index in [1.54, 1.807) is 18.7 Å². The van der Waals surface area contributed by atoms with Crippen molar-refractivity contribution in [3.8, 4) is 62.2 Å². The molecule has 6 aromatic carbocycles. The van der Waals surface area contributed by atoms with Crippen LogP contribution in [0.3, 0.4) is 0 Å². The lowest BCUT2D eigenvalue weighted by atomic mass is 10.0. The summed E-state index contributed by atoms with van der Waals surface area (Å²) in [5.41, 5.74) is 30.0. The first-order chi connectivity index (χ1) is 43.8. The number of aryl methyl sites for hydroxylation is 2. The lowest BCUT2D eigenvalue weighted by Gasteiger charge is -2.13. The van der Waals surface area contributed by atoms with Gasteiger partial charge in [0.15, 0.2) is 11.6 Å². The molecule has 2 aliphatic heterocycles. The van der Waals surface area contributed by atoms with Crippen molar-refractivity contribution in [3.05, 3.63) is 287 Å². The Labute approximate surface area is 513 Å². The molecule has 0 aliphatic carbocycles. The summed E-state index contributed by atoms with van der Waals surface area (Å²) in [6.45, 7) is 10.6. The molecule has 0 amide bonds. The van der Waals surface area contributed by atoms with Gasteiger partial charge in [-0.15, -0.1) is 5.73 Å². The van der Waals surface area contributed by atoms with E-state index in [-0.39, 0.29) is 0 Å².